The zero-order chi connectivity index (χ0) is 33.1. The van der Waals surface area contributed by atoms with E-state index in [9.17, 15) is 18.4 Å². The van der Waals surface area contributed by atoms with Gasteiger partial charge in [-0.05, 0) is 92.6 Å². The molecule has 5 aromatic heterocycles. The second-order valence-corrected chi connectivity index (χ2v) is 10.7. The number of ether oxygens (including phenoxy) is 1. The molecule has 0 saturated heterocycles. The number of aromatic amines is 2. The molecule has 0 aliphatic carbocycles. The van der Waals surface area contributed by atoms with Crippen molar-refractivity contribution in [1.29, 1.82) is 0 Å². The standard InChI is InChI=1S/C19H18FN3O2.C17H12FN3O/c1-3-25-17(24)7-4-13-11-22-19-15(8-9-21-19)18(13)23-14-5-6-16(20)12(2)10-14;1-10-8-12(3-4-14(10)18)21-15(22)5-2-11-9-20-17-13(16(11)21)6-7-19-17/h4-11H,3H2,1-2H3,(H2,21,22,23);2-9H,1H3,(H,19,20)/b7-4+;. The van der Waals surface area contributed by atoms with Crippen LogP contribution in [0.5, 0.6) is 0 Å². The molecule has 0 spiro atoms. The highest BCUT2D eigenvalue weighted by Gasteiger charge is 2.12. The van der Waals surface area contributed by atoms with Crippen LogP contribution in [0.1, 0.15) is 23.6 Å². The van der Waals surface area contributed by atoms with Gasteiger partial charge < -0.3 is 20.0 Å². The Morgan fingerprint density at radius 2 is 1.57 bits per heavy atom. The number of hydrogen-bond acceptors (Lipinski definition) is 6. The second kappa shape index (κ2) is 13.1. The molecule has 7 aromatic rings. The van der Waals surface area contributed by atoms with Crippen LogP contribution in [0.4, 0.5) is 20.2 Å². The van der Waals surface area contributed by atoms with E-state index in [4.69, 9.17) is 4.74 Å². The van der Waals surface area contributed by atoms with E-state index in [1.165, 1.54) is 24.3 Å². The Hall–Kier alpha value is -6.10. The Kier molecular flexibility index (Phi) is 8.61. The van der Waals surface area contributed by atoms with Crippen molar-refractivity contribution >= 4 is 56.4 Å². The van der Waals surface area contributed by atoms with Crippen LogP contribution in [-0.4, -0.2) is 37.1 Å². The molecule has 2 aromatic carbocycles. The molecular formula is C36H30F2N6O3. The molecule has 9 nitrogen and oxygen atoms in total. The van der Waals surface area contributed by atoms with Crippen molar-refractivity contribution in [2.45, 2.75) is 20.8 Å². The molecule has 0 fully saturated rings. The van der Waals surface area contributed by atoms with Gasteiger partial charge in [0.25, 0.3) is 5.56 Å². The predicted molar refractivity (Wildman–Crippen MR) is 180 cm³/mol. The first-order valence-corrected chi connectivity index (χ1v) is 14.8. The third kappa shape index (κ3) is 6.36. The molecule has 0 bridgehead atoms. The maximum Gasteiger partial charge on any atom is 0.330 e. The van der Waals surface area contributed by atoms with Crippen molar-refractivity contribution in [2.24, 2.45) is 0 Å². The van der Waals surface area contributed by atoms with Crippen molar-refractivity contribution in [2.75, 3.05) is 11.9 Å². The van der Waals surface area contributed by atoms with Gasteiger partial charge >= 0.3 is 5.97 Å². The molecule has 3 N–H and O–H groups in total. The highest BCUT2D eigenvalue weighted by molar-refractivity contribution is 6.03. The van der Waals surface area contributed by atoms with E-state index in [0.29, 0.717) is 29.1 Å². The number of benzene rings is 2. The van der Waals surface area contributed by atoms with Gasteiger partial charge in [0.2, 0.25) is 0 Å². The lowest BCUT2D eigenvalue weighted by molar-refractivity contribution is -0.137. The third-order valence-electron chi connectivity index (χ3n) is 7.56. The summed E-state index contributed by atoms with van der Waals surface area (Å²) in [5.74, 6) is -0.958. The molecule has 0 radical (unpaired) electrons. The maximum atomic E-state index is 13.5. The highest BCUT2D eigenvalue weighted by atomic mass is 19.1. The van der Waals surface area contributed by atoms with E-state index in [2.05, 4.69) is 25.3 Å². The largest absolute Gasteiger partial charge is 0.463 e. The molecule has 236 valence electrons. The fraction of sp³-hybridized carbons (Fsp3) is 0.111. The summed E-state index contributed by atoms with van der Waals surface area (Å²) in [6, 6.07) is 16.5. The summed E-state index contributed by atoms with van der Waals surface area (Å²) in [6.07, 6.45) is 9.97. The first-order chi connectivity index (χ1) is 22.7. The maximum absolute atomic E-state index is 13.5. The van der Waals surface area contributed by atoms with E-state index < -0.39 is 5.97 Å². The lowest BCUT2D eigenvalue weighted by Gasteiger charge is -2.12. The summed E-state index contributed by atoms with van der Waals surface area (Å²) in [7, 11) is 0. The van der Waals surface area contributed by atoms with Gasteiger partial charge in [-0.3, -0.25) is 9.36 Å². The van der Waals surface area contributed by atoms with Crippen molar-refractivity contribution in [3.8, 4) is 5.69 Å². The number of carbonyl (C=O) groups excluding carboxylic acids is 1. The number of anilines is 2. The predicted octanol–water partition coefficient (Wildman–Crippen LogP) is 7.64. The molecule has 0 aliphatic heterocycles. The average Bonchev–Trinajstić information content (AvgIpc) is 3.75. The van der Waals surface area contributed by atoms with Crippen molar-refractivity contribution in [3.05, 3.63) is 130 Å². The SMILES string of the molecule is CCOC(=O)/C=C/c1cnc2[nH]ccc2c1Nc1ccc(F)c(C)c1.Cc1cc(-n2c(=O)ccc3cnc4[nH]ccc4c32)ccc1F. The Morgan fingerprint density at radius 3 is 2.30 bits per heavy atom. The minimum atomic E-state index is -0.416. The zero-order valence-corrected chi connectivity index (χ0v) is 25.8. The third-order valence-corrected chi connectivity index (χ3v) is 7.56. The lowest BCUT2D eigenvalue weighted by atomic mass is 10.1. The Labute approximate surface area is 267 Å². The van der Waals surface area contributed by atoms with E-state index in [-0.39, 0.29) is 17.2 Å². The highest BCUT2D eigenvalue weighted by Crippen LogP contribution is 2.30. The minimum Gasteiger partial charge on any atom is -0.463 e. The Bertz CT molecular complexity index is 2360. The number of fused-ring (bicyclic) bond motifs is 4. The minimum absolute atomic E-state index is 0.160. The number of rotatable bonds is 6. The summed E-state index contributed by atoms with van der Waals surface area (Å²) in [4.78, 5) is 38.8. The van der Waals surface area contributed by atoms with Gasteiger partial charge in [-0.1, -0.05) is 0 Å². The summed E-state index contributed by atoms with van der Waals surface area (Å²) in [6.45, 7) is 5.46. The van der Waals surface area contributed by atoms with Gasteiger partial charge in [-0.2, -0.15) is 0 Å². The van der Waals surface area contributed by atoms with E-state index in [0.717, 1.165) is 44.3 Å². The number of esters is 1. The number of aromatic nitrogens is 5. The van der Waals surface area contributed by atoms with Crippen LogP contribution < -0.4 is 10.9 Å². The monoisotopic (exact) mass is 632 g/mol. The van der Waals surface area contributed by atoms with E-state index >= 15 is 0 Å². The lowest BCUT2D eigenvalue weighted by Crippen LogP contribution is -2.17. The first-order valence-electron chi connectivity index (χ1n) is 14.8. The zero-order valence-electron chi connectivity index (χ0n) is 25.8. The fourth-order valence-corrected chi connectivity index (χ4v) is 5.26. The van der Waals surface area contributed by atoms with Crippen LogP contribution in [0.25, 0.3) is 44.7 Å². The second-order valence-electron chi connectivity index (χ2n) is 10.7. The van der Waals surface area contributed by atoms with Crippen molar-refractivity contribution in [1.82, 2.24) is 24.5 Å². The van der Waals surface area contributed by atoms with Gasteiger partial charge in [0.1, 0.15) is 22.9 Å². The van der Waals surface area contributed by atoms with Crippen LogP contribution in [-0.2, 0) is 9.53 Å². The van der Waals surface area contributed by atoms with Crippen LogP contribution in [0.3, 0.4) is 0 Å². The average molecular weight is 633 g/mol. The molecule has 0 amide bonds. The molecule has 7 rings (SSSR count). The van der Waals surface area contributed by atoms with Crippen LogP contribution in [0, 0.1) is 25.5 Å². The normalized spacial score (nSPS) is 11.3. The van der Waals surface area contributed by atoms with Crippen molar-refractivity contribution in [3.63, 3.8) is 0 Å². The van der Waals surface area contributed by atoms with Gasteiger partial charge in [0.05, 0.1) is 17.8 Å². The Balaban J connectivity index is 0.000000165. The summed E-state index contributed by atoms with van der Waals surface area (Å²) >= 11 is 0. The van der Waals surface area contributed by atoms with Gasteiger partial charge in [0.15, 0.2) is 0 Å². The molecule has 0 saturated carbocycles. The smallest absolute Gasteiger partial charge is 0.330 e. The van der Waals surface area contributed by atoms with E-state index in [1.54, 1.807) is 86.5 Å². The van der Waals surface area contributed by atoms with Crippen LogP contribution in [0.2, 0.25) is 0 Å². The number of hydrogen-bond donors (Lipinski definition) is 3. The number of H-pyrrole nitrogens is 2. The summed E-state index contributed by atoms with van der Waals surface area (Å²) < 4.78 is 33.5. The molecule has 47 heavy (non-hydrogen) atoms. The Morgan fingerprint density at radius 1 is 0.894 bits per heavy atom. The molecule has 0 aliphatic rings. The molecule has 0 unspecified atom stereocenters. The number of carbonyl (C=O) groups is 1. The van der Waals surface area contributed by atoms with Crippen molar-refractivity contribution < 1.29 is 18.3 Å². The van der Waals surface area contributed by atoms with Gasteiger partial charge in [-0.25, -0.2) is 23.5 Å². The number of aryl methyl sites for hydroxylation is 2. The van der Waals surface area contributed by atoms with E-state index in [1.807, 2.05) is 12.1 Å². The van der Waals surface area contributed by atoms with Crippen LogP contribution >= 0.6 is 0 Å². The number of pyridine rings is 3. The summed E-state index contributed by atoms with van der Waals surface area (Å²) in [5.41, 5.74) is 5.98. The van der Waals surface area contributed by atoms with Crippen LogP contribution in [0.15, 0.2) is 96.3 Å². The number of nitrogens with zero attached hydrogens (tertiary/aromatic N) is 3. The quantitative estimate of drug-likeness (QED) is 0.128. The number of nitrogens with one attached hydrogen (secondary N) is 3. The molecule has 0 atom stereocenters. The fourth-order valence-electron chi connectivity index (χ4n) is 5.26. The number of halogens is 2. The first kappa shape index (κ1) is 30.9. The van der Waals surface area contributed by atoms with Gasteiger partial charge in [-0.15, -0.1) is 0 Å². The van der Waals surface area contributed by atoms with Gasteiger partial charge in [0, 0.05) is 70.0 Å². The molecular weight excluding hydrogens is 602 g/mol. The summed E-state index contributed by atoms with van der Waals surface area (Å²) in [5, 5.41) is 5.88. The topological polar surface area (TPSA) is 118 Å². The molecule has 11 heteroatoms. The molecule has 5 heterocycles.